The first-order valence-corrected chi connectivity index (χ1v) is 7.05. The van der Waals surface area contributed by atoms with Gasteiger partial charge in [-0.1, -0.05) is 12.1 Å². The fraction of sp³-hybridized carbons (Fsp3) is 0.118. The molecule has 0 unspecified atom stereocenters. The van der Waals surface area contributed by atoms with Crippen molar-refractivity contribution in [2.24, 2.45) is 0 Å². The largest absolute Gasteiger partial charge is 0.307 e. The van der Waals surface area contributed by atoms with Crippen molar-refractivity contribution in [2.45, 2.75) is 13.1 Å². The van der Waals surface area contributed by atoms with Crippen LogP contribution in [0, 0.1) is 11.6 Å². The normalized spacial score (nSPS) is 13.4. The summed E-state index contributed by atoms with van der Waals surface area (Å²) in [7, 11) is 0. The minimum Gasteiger partial charge on any atom is -0.307 e. The summed E-state index contributed by atoms with van der Waals surface area (Å²) in [5.41, 5.74) is 4.58. The van der Waals surface area contributed by atoms with E-state index in [0.29, 0.717) is 13.1 Å². The molecule has 0 fully saturated rings. The smallest absolute Gasteiger partial charge is 0.123 e. The fourth-order valence-electron chi connectivity index (χ4n) is 2.84. The molecule has 0 atom stereocenters. The first kappa shape index (κ1) is 13.2. The van der Waals surface area contributed by atoms with E-state index < -0.39 is 0 Å². The molecule has 2 heterocycles. The molecule has 0 amide bonds. The minimum absolute atomic E-state index is 0.255. The van der Waals surface area contributed by atoms with Crippen LogP contribution in [0.1, 0.15) is 11.3 Å². The maximum atomic E-state index is 13.4. The first-order valence-electron chi connectivity index (χ1n) is 7.05. The van der Waals surface area contributed by atoms with Crippen LogP contribution in [0.2, 0.25) is 0 Å². The topological polar surface area (TPSA) is 29.9 Å². The van der Waals surface area contributed by atoms with E-state index in [1.807, 2.05) is 4.68 Å². The lowest BCUT2D eigenvalue weighted by molar-refractivity contribution is 0.621. The van der Waals surface area contributed by atoms with Crippen molar-refractivity contribution in [1.82, 2.24) is 15.1 Å². The molecule has 5 heteroatoms. The Kier molecular flexibility index (Phi) is 3.01. The minimum atomic E-state index is -0.263. The van der Waals surface area contributed by atoms with Crippen LogP contribution in [-0.2, 0) is 13.1 Å². The van der Waals surface area contributed by atoms with Gasteiger partial charge in [-0.05, 0) is 41.5 Å². The lowest BCUT2D eigenvalue weighted by Crippen LogP contribution is -2.11. The number of rotatable bonds is 1. The summed E-state index contributed by atoms with van der Waals surface area (Å²) in [5, 5.41) is 7.74. The number of benzene rings is 2. The molecule has 1 aliphatic rings. The van der Waals surface area contributed by atoms with Gasteiger partial charge < -0.3 is 5.32 Å². The molecule has 0 radical (unpaired) electrons. The molecule has 3 aromatic rings. The fourth-order valence-corrected chi connectivity index (χ4v) is 2.84. The maximum absolute atomic E-state index is 13.4. The second kappa shape index (κ2) is 5.03. The lowest BCUT2D eigenvalue weighted by Gasteiger charge is -2.08. The molecule has 1 aromatic heterocycles. The zero-order chi connectivity index (χ0) is 15.1. The van der Waals surface area contributed by atoms with Gasteiger partial charge >= 0.3 is 0 Å². The number of nitrogens with zero attached hydrogens (tertiary/aromatic N) is 2. The quantitative estimate of drug-likeness (QED) is 0.746. The van der Waals surface area contributed by atoms with Crippen molar-refractivity contribution in [3.05, 3.63) is 71.6 Å². The van der Waals surface area contributed by atoms with Crippen molar-refractivity contribution in [2.75, 3.05) is 0 Å². The third-order valence-corrected chi connectivity index (χ3v) is 3.90. The van der Waals surface area contributed by atoms with Crippen molar-refractivity contribution in [3.63, 3.8) is 0 Å². The monoisotopic (exact) mass is 297 g/mol. The number of hydrogen-bond donors (Lipinski definition) is 1. The zero-order valence-electron chi connectivity index (χ0n) is 11.7. The summed E-state index contributed by atoms with van der Waals surface area (Å²) in [6.45, 7) is 1.20. The molecule has 2 aromatic carbocycles. The van der Waals surface area contributed by atoms with Crippen LogP contribution in [0.3, 0.4) is 0 Å². The van der Waals surface area contributed by atoms with Crippen LogP contribution in [0.5, 0.6) is 0 Å². The Balaban J connectivity index is 1.87. The summed E-state index contributed by atoms with van der Waals surface area (Å²) in [5.74, 6) is -0.518. The van der Waals surface area contributed by atoms with Gasteiger partial charge in [0.2, 0.25) is 0 Å². The molecule has 3 nitrogen and oxygen atoms in total. The lowest BCUT2D eigenvalue weighted by atomic mass is 10.1. The molecule has 0 bridgehead atoms. The van der Waals surface area contributed by atoms with Gasteiger partial charge in [-0.15, -0.1) is 0 Å². The second-order valence-electron chi connectivity index (χ2n) is 5.30. The van der Waals surface area contributed by atoms with Gasteiger partial charge in [0, 0.05) is 18.7 Å². The second-order valence-corrected chi connectivity index (χ2v) is 5.30. The third-order valence-electron chi connectivity index (χ3n) is 3.90. The molecule has 4 rings (SSSR count). The highest BCUT2D eigenvalue weighted by Crippen LogP contribution is 2.29. The Hall–Kier alpha value is -2.53. The van der Waals surface area contributed by atoms with E-state index in [4.69, 9.17) is 0 Å². The van der Waals surface area contributed by atoms with Crippen LogP contribution in [0.15, 0.2) is 48.7 Å². The highest BCUT2D eigenvalue weighted by atomic mass is 19.1. The summed E-state index contributed by atoms with van der Waals surface area (Å²) < 4.78 is 28.3. The van der Waals surface area contributed by atoms with Gasteiger partial charge in [-0.3, -0.25) is 0 Å². The molecule has 0 spiro atoms. The van der Waals surface area contributed by atoms with Crippen LogP contribution in [-0.4, -0.2) is 9.78 Å². The summed E-state index contributed by atoms with van der Waals surface area (Å²) in [4.78, 5) is 0. The molecule has 110 valence electrons. The Morgan fingerprint density at radius 3 is 2.55 bits per heavy atom. The van der Waals surface area contributed by atoms with E-state index in [1.54, 1.807) is 24.4 Å². The SMILES string of the molecule is Fc1ccc(-c2cnn3c2CNCc2cc(F)ccc2-3)cc1. The molecule has 0 aliphatic carbocycles. The number of hydrogen-bond acceptors (Lipinski definition) is 2. The van der Waals surface area contributed by atoms with Crippen LogP contribution >= 0.6 is 0 Å². The predicted octanol–water partition coefficient (Wildman–Crippen LogP) is 3.42. The number of fused-ring (bicyclic) bond motifs is 3. The van der Waals surface area contributed by atoms with Crippen molar-refractivity contribution in [3.8, 4) is 16.8 Å². The van der Waals surface area contributed by atoms with Crippen molar-refractivity contribution in [1.29, 1.82) is 0 Å². The number of halogens is 2. The average molecular weight is 297 g/mol. The van der Waals surface area contributed by atoms with Gasteiger partial charge in [0.15, 0.2) is 0 Å². The highest BCUT2D eigenvalue weighted by Gasteiger charge is 2.19. The van der Waals surface area contributed by atoms with Gasteiger partial charge in [-0.2, -0.15) is 5.10 Å². The number of aromatic nitrogens is 2. The van der Waals surface area contributed by atoms with E-state index in [1.165, 1.54) is 24.3 Å². The van der Waals surface area contributed by atoms with Gasteiger partial charge in [-0.25, -0.2) is 13.5 Å². The van der Waals surface area contributed by atoms with E-state index in [9.17, 15) is 8.78 Å². The molecular formula is C17H13F2N3. The molecule has 1 N–H and O–H groups in total. The first-order chi connectivity index (χ1) is 10.7. The molecule has 22 heavy (non-hydrogen) atoms. The van der Waals surface area contributed by atoms with Crippen molar-refractivity contribution >= 4 is 0 Å². The zero-order valence-corrected chi connectivity index (χ0v) is 11.7. The van der Waals surface area contributed by atoms with E-state index in [2.05, 4.69) is 10.4 Å². The average Bonchev–Trinajstić information content (AvgIpc) is 2.84. The van der Waals surface area contributed by atoms with E-state index in [-0.39, 0.29) is 11.6 Å². The molecular weight excluding hydrogens is 284 g/mol. The Morgan fingerprint density at radius 1 is 0.955 bits per heavy atom. The van der Waals surface area contributed by atoms with E-state index >= 15 is 0 Å². The summed E-state index contributed by atoms with van der Waals surface area (Å²) in [6, 6.07) is 11.1. The standard InChI is InChI=1S/C17H13F2N3/c18-13-3-1-11(2-4-13)15-9-21-22-16-6-5-14(19)7-12(16)8-20-10-17(15)22/h1-7,9,20H,8,10H2. The van der Waals surface area contributed by atoms with Crippen molar-refractivity contribution < 1.29 is 8.78 Å². The maximum Gasteiger partial charge on any atom is 0.123 e. The van der Waals surface area contributed by atoms with Gasteiger partial charge in [0.05, 0.1) is 17.6 Å². The Morgan fingerprint density at radius 2 is 1.73 bits per heavy atom. The molecule has 1 aliphatic heterocycles. The third kappa shape index (κ3) is 2.10. The van der Waals surface area contributed by atoms with E-state index in [0.717, 1.165) is 28.1 Å². The number of nitrogens with one attached hydrogen (secondary N) is 1. The van der Waals surface area contributed by atoms with Crippen LogP contribution < -0.4 is 5.32 Å². The summed E-state index contributed by atoms with van der Waals surface area (Å²) in [6.07, 6.45) is 1.77. The van der Waals surface area contributed by atoms with Crippen LogP contribution in [0.25, 0.3) is 16.8 Å². The molecule has 0 saturated heterocycles. The predicted molar refractivity (Wildman–Crippen MR) is 79.5 cm³/mol. The summed E-state index contributed by atoms with van der Waals surface area (Å²) >= 11 is 0. The van der Waals surface area contributed by atoms with Gasteiger partial charge in [0.1, 0.15) is 11.6 Å². The molecule has 0 saturated carbocycles. The Bertz CT molecular complexity index is 838. The van der Waals surface area contributed by atoms with Gasteiger partial charge in [0.25, 0.3) is 0 Å². The Labute approximate surface area is 126 Å². The highest BCUT2D eigenvalue weighted by molar-refractivity contribution is 5.66. The van der Waals surface area contributed by atoms with Crippen LogP contribution in [0.4, 0.5) is 8.78 Å².